The van der Waals surface area contributed by atoms with Gasteiger partial charge in [0, 0.05) is 6.20 Å². The number of nitrogens with two attached hydrogens (primary N) is 1. The third kappa shape index (κ3) is 3.81. The summed E-state index contributed by atoms with van der Waals surface area (Å²) in [6.45, 7) is 0.559. The fourth-order valence-electron chi connectivity index (χ4n) is 1.49. The number of hydrogen-bond donors (Lipinski definition) is 2. The van der Waals surface area contributed by atoms with Gasteiger partial charge in [0.2, 0.25) is 5.91 Å². The molecule has 2 aromatic heterocycles. The number of nitrogens with zero attached hydrogens (tertiary/aromatic N) is 4. The van der Waals surface area contributed by atoms with E-state index in [4.69, 9.17) is 5.73 Å². The molecule has 0 aliphatic rings. The van der Waals surface area contributed by atoms with E-state index in [2.05, 4.69) is 20.6 Å². The second-order valence-electron chi connectivity index (χ2n) is 3.90. The number of nitrogens with one attached hydrogen (secondary N) is 1. The number of carbonyl (C=O) groups excluding carboxylic acids is 1. The second kappa shape index (κ2) is 6.01. The first-order chi connectivity index (χ1) is 9.17. The van der Waals surface area contributed by atoms with Crippen LogP contribution in [0.4, 0.5) is 4.39 Å². The van der Waals surface area contributed by atoms with Crippen molar-refractivity contribution in [2.45, 2.75) is 13.1 Å². The minimum absolute atomic E-state index is 0.0664. The van der Waals surface area contributed by atoms with Crippen molar-refractivity contribution >= 4 is 5.91 Å². The Bertz CT molecular complexity index is 570. The lowest BCUT2D eigenvalue weighted by atomic mass is 10.3. The molecule has 0 saturated carbocycles. The molecule has 0 spiro atoms. The molecule has 1 amide bonds. The van der Waals surface area contributed by atoms with Gasteiger partial charge >= 0.3 is 0 Å². The van der Waals surface area contributed by atoms with Gasteiger partial charge in [-0.05, 0) is 11.6 Å². The first kappa shape index (κ1) is 13.1. The van der Waals surface area contributed by atoms with Gasteiger partial charge in [0.25, 0.3) is 0 Å². The highest BCUT2D eigenvalue weighted by Gasteiger charge is 2.04. The molecule has 0 saturated heterocycles. The van der Waals surface area contributed by atoms with E-state index < -0.39 is 5.82 Å². The van der Waals surface area contributed by atoms with Crippen LogP contribution in [-0.4, -0.2) is 32.4 Å². The van der Waals surface area contributed by atoms with E-state index in [0.717, 1.165) is 6.20 Å². The van der Waals surface area contributed by atoms with Gasteiger partial charge in [0.15, 0.2) is 0 Å². The molecule has 100 valence electrons. The zero-order valence-corrected chi connectivity index (χ0v) is 10.1. The van der Waals surface area contributed by atoms with Crippen molar-refractivity contribution < 1.29 is 9.18 Å². The van der Waals surface area contributed by atoms with Crippen LogP contribution in [-0.2, 0) is 17.9 Å². The van der Waals surface area contributed by atoms with E-state index in [-0.39, 0.29) is 19.0 Å². The summed E-state index contributed by atoms with van der Waals surface area (Å²) in [6.07, 6.45) is 4.36. The summed E-state index contributed by atoms with van der Waals surface area (Å²) in [4.78, 5) is 14.7. The Morgan fingerprint density at radius 2 is 2.32 bits per heavy atom. The molecular weight excluding hydrogens is 251 g/mol. The Morgan fingerprint density at radius 3 is 3.05 bits per heavy atom. The molecule has 0 aliphatic carbocycles. The molecule has 2 aromatic rings. The Labute approximate surface area is 108 Å². The Balaban J connectivity index is 1.95. The molecule has 0 atom stereocenters. The summed E-state index contributed by atoms with van der Waals surface area (Å²) >= 11 is 0. The first-order valence-electron chi connectivity index (χ1n) is 5.62. The average molecular weight is 264 g/mol. The number of pyridine rings is 1. The molecule has 19 heavy (non-hydrogen) atoms. The minimum atomic E-state index is -0.395. The zero-order valence-electron chi connectivity index (χ0n) is 10.1. The molecule has 0 fully saturated rings. The third-order valence-corrected chi connectivity index (χ3v) is 2.34. The molecule has 2 rings (SSSR count). The lowest BCUT2D eigenvalue weighted by Crippen LogP contribution is -2.29. The second-order valence-corrected chi connectivity index (χ2v) is 3.90. The molecule has 0 aromatic carbocycles. The molecule has 3 N–H and O–H groups in total. The molecule has 0 aliphatic heterocycles. The monoisotopic (exact) mass is 264 g/mol. The van der Waals surface area contributed by atoms with Gasteiger partial charge in [0.1, 0.15) is 11.5 Å². The summed E-state index contributed by atoms with van der Waals surface area (Å²) in [6, 6.07) is 1.38. The Kier molecular flexibility index (Phi) is 4.14. The van der Waals surface area contributed by atoms with Crippen LogP contribution in [0.5, 0.6) is 0 Å². The average Bonchev–Trinajstić information content (AvgIpc) is 2.83. The lowest BCUT2D eigenvalue weighted by molar-refractivity contribution is -0.119. The summed E-state index contributed by atoms with van der Waals surface area (Å²) < 4.78 is 14.5. The number of hydrogen-bond acceptors (Lipinski definition) is 5. The van der Waals surface area contributed by atoms with Crippen molar-refractivity contribution in [1.82, 2.24) is 25.3 Å². The van der Waals surface area contributed by atoms with Crippen LogP contribution in [0.3, 0.4) is 0 Å². The summed E-state index contributed by atoms with van der Waals surface area (Å²) in [7, 11) is 0. The van der Waals surface area contributed by atoms with Gasteiger partial charge in [-0.25, -0.2) is 9.07 Å². The van der Waals surface area contributed by atoms with Crippen molar-refractivity contribution in [2.75, 3.05) is 6.54 Å². The van der Waals surface area contributed by atoms with Gasteiger partial charge < -0.3 is 11.1 Å². The number of aromatic nitrogens is 4. The standard InChI is InChI=1S/C11H13FN6O/c12-9-1-8(3-14-4-9)6-18-7-10(16-17-18)5-15-11(19)2-13/h1,3-4,7H,2,5-6,13H2,(H,15,19). The molecule has 2 heterocycles. The number of rotatable bonds is 5. The molecule has 7 nitrogen and oxygen atoms in total. The maximum Gasteiger partial charge on any atom is 0.234 e. The maximum atomic E-state index is 13.0. The van der Waals surface area contributed by atoms with Crippen LogP contribution in [0.15, 0.2) is 24.7 Å². The highest BCUT2D eigenvalue weighted by molar-refractivity contribution is 5.77. The molecule has 0 radical (unpaired) electrons. The van der Waals surface area contributed by atoms with Crippen LogP contribution >= 0.6 is 0 Å². The summed E-state index contributed by atoms with van der Waals surface area (Å²) in [5, 5.41) is 10.3. The molecule has 8 heteroatoms. The quantitative estimate of drug-likeness (QED) is 0.754. The van der Waals surface area contributed by atoms with Gasteiger partial charge in [-0.2, -0.15) is 0 Å². The van der Waals surface area contributed by atoms with Crippen LogP contribution in [0.25, 0.3) is 0 Å². The summed E-state index contributed by atoms with van der Waals surface area (Å²) in [5.41, 5.74) is 6.45. The number of carbonyl (C=O) groups is 1. The molecular formula is C11H13FN6O. The smallest absolute Gasteiger partial charge is 0.234 e. The summed E-state index contributed by atoms with van der Waals surface area (Å²) in [5.74, 6) is -0.656. The maximum absolute atomic E-state index is 13.0. The van der Waals surface area contributed by atoms with E-state index >= 15 is 0 Å². The first-order valence-corrected chi connectivity index (χ1v) is 5.62. The van der Waals surface area contributed by atoms with E-state index in [9.17, 15) is 9.18 Å². The highest BCUT2D eigenvalue weighted by atomic mass is 19.1. The molecule has 0 bridgehead atoms. The van der Waals surface area contributed by atoms with E-state index in [1.807, 2.05) is 0 Å². The molecule has 0 unspecified atom stereocenters. The van der Waals surface area contributed by atoms with Gasteiger partial charge in [-0.3, -0.25) is 9.78 Å². The van der Waals surface area contributed by atoms with Gasteiger partial charge in [-0.15, -0.1) is 5.10 Å². The SMILES string of the molecule is NCC(=O)NCc1cn(Cc2cncc(F)c2)nn1. The Hall–Kier alpha value is -2.35. The van der Waals surface area contributed by atoms with Crippen molar-refractivity contribution in [3.05, 3.63) is 41.7 Å². The van der Waals surface area contributed by atoms with E-state index in [1.165, 1.54) is 6.07 Å². The van der Waals surface area contributed by atoms with Crippen molar-refractivity contribution in [3.63, 3.8) is 0 Å². The topological polar surface area (TPSA) is 98.7 Å². The van der Waals surface area contributed by atoms with Crippen molar-refractivity contribution in [2.24, 2.45) is 5.73 Å². The fraction of sp³-hybridized carbons (Fsp3) is 0.273. The lowest BCUT2D eigenvalue weighted by Gasteiger charge is -2.00. The van der Waals surface area contributed by atoms with Crippen LogP contribution in [0.2, 0.25) is 0 Å². The Morgan fingerprint density at radius 1 is 1.47 bits per heavy atom. The largest absolute Gasteiger partial charge is 0.349 e. The van der Waals surface area contributed by atoms with Crippen LogP contribution < -0.4 is 11.1 Å². The van der Waals surface area contributed by atoms with Gasteiger partial charge in [-0.1, -0.05) is 5.21 Å². The fourth-order valence-corrected chi connectivity index (χ4v) is 1.49. The van der Waals surface area contributed by atoms with E-state index in [1.54, 1.807) is 17.1 Å². The highest BCUT2D eigenvalue weighted by Crippen LogP contribution is 2.03. The number of halogens is 1. The minimum Gasteiger partial charge on any atom is -0.349 e. The number of amides is 1. The predicted octanol–water partition coefficient (Wildman–Crippen LogP) is -0.565. The van der Waals surface area contributed by atoms with E-state index in [0.29, 0.717) is 17.8 Å². The van der Waals surface area contributed by atoms with Crippen LogP contribution in [0, 0.1) is 5.82 Å². The third-order valence-electron chi connectivity index (χ3n) is 2.34. The zero-order chi connectivity index (χ0) is 13.7. The van der Waals surface area contributed by atoms with Crippen molar-refractivity contribution in [1.29, 1.82) is 0 Å². The predicted molar refractivity (Wildman–Crippen MR) is 64.2 cm³/mol. The van der Waals surface area contributed by atoms with Crippen molar-refractivity contribution in [3.8, 4) is 0 Å². The van der Waals surface area contributed by atoms with Gasteiger partial charge in [0.05, 0.1) is 32.0 Å². The van der Waals surface area contributed by atoms with Crippen LogP contribution in [0.1, 0.15) is 11.3 Å². The normalized spacial score (nSPS) is 10.4.